The van der Waals surface area contributed by atoms with Crippen molar-refractivity contribution < 1.29 is 9.90 Å². The number of carbonyl (C=O) groups excluding carboxylic acids is 1. The molecule has 1 aromatic carbocycles. The van der Waals surface area contributed by atoms with Crippen molar-refractivity contribution in [3.05, 3.63) is 54.1 Å². The molecule has 0 saturated carbocycles. The third-order valence-electron chi connectivity index (χ3n) is 3.86. The van der Waals surface area contributed by atoms with Gasteiger partial charge in [-0.2, -0.15) is 0 Å². The molecule has 0 fully saturated rings. The third kappa shape index (κ3) is 5.38. The largest absolute Gasteiger partial charge is 0.391 e. The molecule has 1 atom stereocenters. The average molecular weight is 330 g/mol. The maximum atomic E-state index is 11.9. The fourth-order valence-corrected chi connectivity index (χ4v) is 2.15. The number of imidazole rings is 1. The van der Waals surface area contributed by atoms with Crippen molar-refractivity contribution >= 4 is 6.03 Å². The van der Waals surface area contributed by atoms with Gasteiger partial charge in [0.15, 0.2) is 0 Å². The lowest BCUT2D eigenvalue weighted by molar-refractivity contribution is 0.0650. The number of aliphatic hydroxyl groups is 1. The van der Waals surface area contributed by atoms with Crippen molar-refractivity contribution in [2.75, 3.05) is 6.54 Å². The highest BCUT2D eigenvalue weighted by molar-refractivity contribution is 5.73. The number of benzene rings is 1. The van der Waals surface area contributed by atoms with E-state index in [0.29, 0.717) is 13.1 Å². The van der Waals surface area contributed by atoms with Gasteiger partial charge < -0.3 is 20.3 Å². The van der Waals surface area contributed by atoms with E-state index in [-0.39, 0.29) is 18.0 Å². The number of rotatable bonds is 6. The molecule has 6 nitrogen and oxygen atoms in total. The van der Waals surface area contributed by atoms with Gasteiger partial charge in [-0.25, -0.2) is 9.78 Å². The predicted molar refractivity (Wildman–Crippen MR) is 93.5 cm³/mol. The molecule has 1 aromatic heterocycles. The van der Waals surface area contributed by atoms with E-state index in [9.17, 15) is 9.90 Å². The van der Waals surface area contributed by atoms with Crippen LogP contribution in [-0.2, 0) is 13.1 Å². The second-order valence-electron chi connectivity index (χ2n) is 6.90. The predicted octanol–water partition coefficient (Wildman–Crippen LogP) is 2.14. The van der Waals surface area contributed by atoms with Gasteiger partial charge in [-0.05, 0) is 11.0 Å². The maximum Gasteiger partial charge on any atom is 0.315 e. The zero-order valence-electron chi connectivity index (χ0n) is 14.5. The number of hydrogen-bond acceptors (Lipinski definition) is 3. The molecule has 0 saturated heterocycles. The summed E-state index contributed by atoms with van der Waals surface area (Å²) >= 11 is 0. The summed E-state index contributed by atoms with van der Waals surface area (Å²) in [5.74, 6) is 0.783. The molecule has 0 aliphatic rings. The van der Waals surface area contributed by atoms with Gasteiger partial charge in [0.2, 0.25) is 0 Å². The number of nitrogens with zero attached hydrogens (tertiary/aromatic N) is 2. The third-order valence-corrected chi connectivity index (χ3v) is 3.86. The Morgan fingerprint density at radius 3 is 2.62 bits per heavy atom. The molecule has 0 aliphatic carbocycles. The summed E-state index contributed by atoms with van der Waals surface area (Å²) < 4.78 is 2.00. The van der Waals surface area contributed by atoms with Crippen molar-refractivity contribution in [1.29, 1.82) is 0 Å². The van der Waals surface area contributed by atoms with Crippen molar-refractivity contribution in [2.24, 2.45) is 5.41 Å². The van der Waals surface area contributed by atoms with Crippen molar-refractivity contribution in [2.45, 2.75) is 40.0 Å². The summed E-state index contributed by atoms with van der Waals surface area (Å²) in [5.41, 5.74) is 0.911. The first kappa shape index (κ1) is 18.0. The number of aliphatic hydroxyl groups excluding tert-OH is 1. The highest BCUT2D eigenvalue weighted by atomic mass is 16.3. The molecule has 1 unspecified atom stereocenters. The summed E-state index contributed by atoms with van der Waals surface area (Å²) in [6, 6.07) is 9.77. The van der Waals surface area contributed by atoms with E-state index in [1.54, 1.807) is 6.20 Å². The first-order valence-corrected chi connectivity index (χ1v) is 8.10. The molecule has 0 spiro atoms. The summed E-state index contributed by atoms with van der Waals surface area (Å²) in [5, 5.41) is 15.4. The average Bonchev–Trinajstić information content (AvgIpc) is 2.97. The van der Waals surface area contributed by atoms with Gasteiger partial charge in [0.1, 0.15) is 5.82 Å². The van der Waals surface area contributed by atoms with Gasteiger partial charge in [-0.3, -0.25) is 0 Å². The fraction of sp³-hybridized carbons (Fsp3) is 0.444. The summed E-state index contributed by atoms with van der Waals surface area (Å²) in [7, 11) is 0. The van der Waals surface area contributed by atoms with Crippen LogP contribution in [0.1, 0.15) is 32.2 Å². The zero-order chi connectivity index (χ0) is 17.6. The molecule has 0 bridgehead atoms. The lowest BCUT2D eigenvalue weighted by Gasteiger charge is -2.25. The molecular formula is C18H26N4O2. The number of amides is 2. The van der Waals surface area contributed by atoms with E-state index in [1.807, 2.05) is 49.7 Å². The smallest absolute Gasteiger partial charge is 0.315 e. The van der Waals surface area contributed by atoms with Crippen molar-refractivity contribution in [3.63, 3.8) is 0 Å². The van der Waals surface area contributed by atoms with E-state index in [4.69, 9.17) is 0 Å². The molecule has 2 amide bonds. The van der Waals surface area contributed by atoms with Crippen LogP contribution >= 0.6 is 0 Å². The van der Waals surface area contributed by atoms with Gasteiger partial charge in [-0.15, -0.1) is 0 Å². The molecular weight excluding hydrogens is 304 g/mol. The van der Waals surface area contributed by atoms with Gasteiger partial charge in [-0.1, -0.05) is 51.1 Å². The zero-order valence-corrected chi connectivity index (χ0v) is 14.5. The van der Waals surface area contributed by atoms with E-state index < -0.39 is 6.10 Å². The van der Waals surface area contributed by atoms with Gasteiger partial charge in [0, 0.05) is 25.5 Å². The molecule has 24 heavy (non-hydrogen) atoms. The normalized spacial score (nSPS) is 12.7. The van der Waals surface area contributed by atoms with E-state index in [1.165, 1.54) is 5.56 Å². The second-order valence-corrected chi connectivity index (χ2v) is 6.90. The van der Waals surface area contributed by atoms with Crippen molar-refractivity contribution in [3.8, 4) is 0 Å². The quantitative estimate of drug-likeness (QED) is 0.759. The maximum absolute atomic E-state index is 11.9. The van der Waals surface area contributed by atoms with Crippen LogP contribution < -0.4 is 10.6 Å². The number of hydrogen-bond donors (Lipinski definition) is 3. The van der Waals surface area contributed by atoms with E-state index in [0.717, 1.165) is 5.82 Å². The SMILES string of the molecule is CC(C)(C)C(O)CNC(=O)NCc1nccn1Cc1ccccc1. The van der Waals surface area contributed by atoms with Crippen LogP contribution in [0, 0.1) is 5.41 Å². The topological polar surface area (TPSA) is 79.2 Å². The highest BCUT2D eigenvalue weighted by Crippen LogP contribution is 2.17. The number of carbonyl (C=O) groups is 1. The number of aromatic nitrogens is 2. The molecule has 2 aromatic rings. The summed E-state index contributed by atoms with van der Waals surface area (Å²) in [6.45, 7) is 7.04. The van der Waals surface area contributed by atoms with Gasteiger partial charge >= 0.3 is 6.03 Å². The fourth-order valence-electron chi connectivity index (χ4n) is 2.15. The summed E-state index contributed by atoms with van der Waals surface area (Å²) in [6.07, 6.45) is 3.02. The Labute approximate surface area is 142 Å². The minimum atomic E-state index is -0.594. The highest BCUT2D eigenvalue weighted by Gasteiger charge is 2.22. The van der Waals surface area contributed by atoms with Crippen LogP contribution in [0.3, 0.4) is 0 Å². The number of urea groups is 1. The van der Waals surface area contributed by atoms with Crippen molar-refractivity contribution in [1.82, 2.24) is 20.2 Å². The second kappa shape index (κ2) is 7.97. The molecule has 0 radical (unpaired) electrons. The Hall–Kier alpha value is -2.34. The van der Waals surface area contributed by atoms with Crippen LogP contribution in [0.5, 0.6) is 0 Å². The molecule has 3 N–H and O–H groups in total. The van der Waals surface area contributed by atoms with Gasteiger partial charge in [0.25, 0.3) is 0 Å². The lowest BCUT2D eigenvalue weighted by Crippen LogP contribution is -2.43. The molecule has 2 rings (SSSR count). The van der Waals surface area contributed by atoms with Crippen LogP contribution in [0.15, 0.2) is 42.7 Å². The van der Waals surface area contributed by atoms with Crippen LogP contribution in [0.25, 0.3) is 0 Å². The lowest BCUT2D eigenvalue weighted by atomic mass is 9.89. The van der Waals surface area contributed by atoms with E-state index in [2.05, 4.69) is 27.8 Å². The molecule has 0 aliphatic heterocycles. The standard InChI is InChI=1S/C18H26N4O2/c1-18(2,3)15(23)11-20-17(24)21-12-16-19-9-10-22(16)13-14-7-5-4-6-8-14/h4-10,15,23H,11-13H2,1-3H3,(H2,20,21,24). The Bertz CT molecular complexity index is 647. The van der Waals surface area contributed by atoms with Crippen LogP contribution in [0.4, 0.5) is 4.79 Å². The van der Waals surface area contributed by atoms with Gasteiger partial charge in [0.05, 0.1) is 12.6 Å². The molecule has 1 heterocycles. The molecule has 130 valence electrons. The Morgan fingerprint density at radius 1 is 1.25 bits per heavy atom. The number of nitrogens with one attached hydrogen (secondary N) is 2. The first-order chi connectivity index (χ1) is 11.4. The Balaban J connectivity index is 1.82. The first-order valence-electron chi connectivity index (χ1n) is 8.10. The Kier molecular flexibility index (Phi) is 5.98. The minimum Gasteiger partial charge on any atom is -0.391 e. The van der Waals surface area contributed by atoms with E-state index >= 15 is 0 Å². The monoisotopic (exact) mass is 330 g/mol. The van der Waals surface area contributed by atoms with Crippen LogP contribution in [-0.4, -0.2) is 33.3 Å². The Morgan fingerprint density at radius 2 is 1.96 bits per heavy atom. The minimum absolute atomic E-state index is 0.216. The van der Waals surface area contributed by atoms with Crippen LogP contribution in [0.2, 0.25) is 0 Å². The summed E-state index contributed by atoms with van der Waals surface area (Å²) in [4.78, 5) is 16.2. The molecule has 6 heteroatoms.